The van der Waals surface area contributed by atoms with Crippen LogP contribution in [-0.4, -0.2) is 60.3 Å². The van der Waals surface area contributed by atoms with Gasteiger partial charge in [0.1, 0.15) is 0 Å². The van der Waals surface area contributed by atoms with Crippen LogP contribution in [0.1, 0.15) is 5.56 Å². The zero-order valence-corrected chi connectivity index (χ0v) is 14.2. The molecule has 0 bridgehead atoms. The third-order valence-corrected chi connectivity index (χ3v) is 3.31. The molecule has 0 aliphatic heterocycles. The summed E-state index contributed by atoms with van der Waals surface area (Å²) in [6, 6.07) is 5.71. The number of benzene rings is 1. The smallest absolute Gasteiger partial charge is 0.233 e. The SMILES string of the molecule is COc1ccc(CCNC(=O)CNCC(OC)OC)cc1OC. The zero-order valence-electron chi connectivity index (χ0n) is 14.2. The number of carbonyl (C=O) groups is 1. The van der Waals surface area contributed by atoms with Gasteiger partial charge < -0.3 is 29.6 Å². The van der Waals surface area contributed by atoms with Crippen molar-refractivity contribution in [2.75, 3.05) is 48.1 Å². The number of carbonyl (C=O) groups excluding carboxylic acids is 1. The van der Waals surface area contributed by atoms with Gasteiger partial charge in [-0.1, -0.05) is 6.07 Å². The molecule has 0 atom stereocenters. The van der Waals surface area contributed by atoms with Crippen molar-refractivity contribution in [1.82, 2.24) is 10.6 Å². The van der Waals surface area contributed by atoms with Gasteiger partial charge in [0.05, 0.1) is 20.8 Å². The molecule has 0 fully saturated rings. The van der Waals surface area contributed by atoms with Crippen LogP contribution in [0.2, 0.25) is 0 Å². The van der Waals surface area contributed by atoms with E-state index in [1.807, 2.05) is 18.2 Å². The van der Waals surface area contributed by atoms with Gasteiger partial charge in [-0.25, -0.2) is 0 Å². The molecule has 0 saturated heterocycles. The molecule has 130 valence electrons. The summed E-state index contributed by atoms with van der Waals surface area (Å²) in [7, 11) is 6.31. The molecule has 0 aromatic heterocycles. The van der Waals surface area contributed by atoms with Crippen molar-refractivity contribution >= 4 is 5.91 Å². The predicted octanol–water partition coefficient (Wildman–Crippen LogP) is 0.571. The van der Waals surface area contributed by atoms with Gasteiger partial charge in [0.25, 0.3) is 0 Å². The van der Waals surface area contributed by atoms with Crippen LogP contribution in [0.5, 0.6) is 11.5 Å². The normalized spacial score (nSPS) is 10.7. The molecule has 1 rings (SSSR count). The third-order valence-electron chi connectivity index (χ3n) is 3.31. The lowest BCUT2D eigenvalue weighted by Crippen LogP contribution is -2.38. The minimum atomic E-state index is -0.352. The Labute approximate surface area is 137 Å². The standard InChI is InChI=1S/C16H26N2O5/c1-20-13-6-5-12(9-14(13)21-2)7-8-18-15(19)10-17-11-16(22-3)23-4/h5-6,9,16-17H,7-8,10-11H2,1-4H3,(H,18,19). The highest BCUT2D eigenvalue weighted by molar-refractivity contribution is 5.77. The predicted molar refractivity (Wildman–Crippen MR) is 86.9 cm³/mol. The number of ether oxygens (including phenoxy) is 4. The van der Waals surface area contributed by atoms with Crippen molar-refractivity contribution in [1.29, 1.82) is 0 Å². The highest BCUT2D eigenvalue weighted by Crippen LogP contribution is 2.27. The first-order chi connectivity index (χ1) is 11.1. The Hall–Kier alpha value is -1.83. The van der Waals surface area contributed by atoms with Crippen LogP contribution in [0.15, 0.2) is 18.2 Å². The first-order valence-corrected chi connectivity index (χ1v) is 7.38. The molecule has 23 heavy (non-hydrogen) atoms. The molecule has 0 unspecified atom stereocenters. The average molecular weight is 326 g/mol. The second kappa shape index (κ2) is 10.8. The molecule has 1 aromatic carbocycles. The Morgan fingerprint density at radius 1 is 1.09 bits per heavy atom. The Bertz CT molecular complexity index is 478. The van der Waals surface area contributed by atoms with E-state index in [0.29, 0.717) is 31.0 Å². The van der Waals surface area contributed by atoms with Crippen LogP contribution in [0.4, 0.5) is 0 Å². The van der Waals surface area contributed by atoms with Crippen molar-refractivity contribution in [2.45, 2.75) is 12.7 Å². The van der Waals surface area contributed by atoms with E-state index in [9.17, 15) is 4.79 Å². The maximum Gasteiger partial charge on any atom is 0.233 e. The van der Waals surface area contributed by atoms with Gasteiger partial charge in [0.15, 0.2) is 17.8 Å². The van der Waals surface area contributed by atoms with E-state index in [1.165, 1.54) is 0 Å². The topological polar surface area (TPSA) is 78.1 Å². The lowest BCUT2D eigenvalue weighted by atomic mass is 10.1. The maximum atomic E-state index is 11.7. The number of hydrogen-bond acceptors (Lipinski definition) is 6. The summed E-state index contributed by atoms with van der Waals surface area (Å²) in [5, 5.41) is 5.82. The summed E-state index contributed by atoms with van der Waals surface area (Å²) < 4.78 is 20.5. The maximum absolute atomic E-state index is 11.7. The fourth-order valence-corrected chi connectivity index (χ4v) is 2.01. The lowest BCUT2D eigenvalue weighted by Gasteiger charge is -2.14. The summed E-state index contributed by atoms with van der Waals surface area (Å²) in [4.78, 5) is 11.7. The molecule has 0 spiro atoms. The largest absolute Gasteiger partial charge is 0.493 e. The molecule has 0 aliphatic carbocycles. The molecule has 2 N–H and O–H groups in total. The molecule has 0 saturated carbocycles. The van der Waals surface area contributed by atoms with Gasteiger partial charge in [-0.2, -0.15) is 0 Å². The van der Waals surface area contributed by atoms with Crippen LogP contribution in [0, 0.1) is 0 Å². The first-order valence-electron chi connectivity index (χ1n) is 7.38. The zero-order chi connectivity index (χ0) is 17.1. The number of nitrogens with one attached hydrogen (secondary N) is 2. The number of rotatable bonds is 11. The van der Waals surface area contributed by atoms with Crippen molar-refractivity contribution < 1.29 is 23.7 Å². The molecule has 0 radical (unpaired) electrons. The summed E-state index contributed by atoms with van der Waals surface area (Å²) in [6.45, 7) is 1.22. The summed E-state index contributed by atoms with van der Waals surface area (Å²) in [5.74, 6) is 1.30. The second-order valence-electron chi connectivity index (χ2n) is 4.82. The van der Waals surface area contributed by atoms with E-state index in [2.05, 4.69) is 10.6 Å². The van der Waals surface area contributed by atoms with E-state index < -0.39 is 0 Å². The van der Waals surface area contributed by atoms with Gasteiger partial charge in [-0.05, 0) is 24.1 Å². The molecular formula is C16H26N2O5. The first kappa shape index (κ1) is 19.2. The number of hydrogen-bond donors (Lipinski definition) is 2. The fourth-order valence-electron chi connectivity index (χ4n) is 2.01. The highest BCUT2D eigenvalue weighted by atomic mass is 16.7. The number of methoxy groups -OCH3 is 4. The van der Waals surface area contributed by atoms with E-state index in [1.54, 1.807) is 28.4 Å². The quantitative estimate of drug-likeness (QED) is 0.579. The third kappa shape index (κ3) is 6.85. The molecule has 7 heteroatoms. The Morgan fingerprint density at radius 2 is 1.78 bits per heavy atom. The Balaban J connectivity index is 2.29. The van der Waals surface area contributed by atoms with Gasteiger partial charge >= 0.3 is 0 Å². The van der Waals surface area contributed by atoms with E-state index in [-0.39, 0.29) is 18.7 Å². The fraction of sp³-hybridized carbons (Fsp3) is 0.562. The molecule has 1 aromatic rings. The van der Waals surface area contributed by atoms with Crippen LogP contribution in [-0.2, 0) is 20.7 Å². The van der Waals surface area contributed by atoms with Crippen LogP contribution < -0.4 is 20.1 Å². The molecule has 0 aliphatic rings. The Kier molecular flexibility index (Phi) is 9.04. The summed E-state index contributed by atoms with van der Waals surface area (Å²) >= 11 is 0. The average Bonchev–Trinajstić information content (AvgIpc) is 2.58. The van der Waals surface area contributed by atoms with E-state index in [0.717, 1.165) is 5.56 Å². The highest BCUT2D eigenvalue weighted by Gasteiger charge is 2.07. The van der Waals surface area contributed by atoms with Gasteiger partial charge in [-0.15, -0.1) is 0 Å². The molecule has 7 nitrogen and oxygen atoms in total. The van der Waals surface area contributed by atoms with Gasteiger partial charge in [0.2, 0.25) is 5.91 Å². The van der Waals surface area contributed by atoms with Gasteiger partial charge in [0, 0.05) is 27.3 Å². The van der Waals surface area contributed by atoms with Crippen molar-refractivity contribution in [3.63, 3.8) is 0 Å². The molecule has 1 amide bonds. The molecule has 0 heterocycles. The number of amides is 1. The van der Waals surface area contributed by atoms with Crippen molar-refractivity contribution in [3.8, 4) is 11.5 Å². The van der Waals surface area contributed by atoms with Gasteiger partial charge in [-0.3, -0.25) is 4.79 Å². The Morgan fingerprint density at radius 3 is 2.39 bits per heavy atom. The lowest BCUT2D eigenvalue weighted by molar-refractivity contribution is -0.121. The summed E-state index contributed by atoms with van der Waals surface area (Å²) in [6.07, 6.45) is 0.361. The van der Waals surface area contributed by atoms with E-state index in [4.69, 9.17) is 18.9 Å². The summed E-state index contributed by atoms with van der Waals surface area (Å²) in [5.41, 5.74) is 1.06. The minimum Gasteiger partial charge on any atom is -0.493 e. The minimum absolute atomic E-state index is 0.0727. The van der Waals surface area contributed by atoms with E-state index >= 15 is 0 Å². The van der Waals surface area contributed by atoms with Crippen molar-refractivity contribution in [2.24, 2.45) is 0 Å². The molecular weight excluding hydrogens is 300 g/mol. The van der Waals surface area contributed by atoms with Crippen LogP contribution in [0.3, 0.4) is 0 Å². The van der Waals surface area contributed by atoms with Crippen molar-refractivity contribution in [3.05, 3.63) is 23.8 Å². The van der Waals surface area contributed by atoms with Crippen LogP contribution >= 0.6 is 0 Å². The monoisotopic (exact) mass is 326 g/mol. The second-order valence-corrected chi connectivity index (χ2v) is 4.82. The van der Waals surface area contributed by atoms with Crippen LogP contribution in [0.25, 0.3) is 0 Å².